The molecule has 0 spiro atoms. The number of hydrogen-bond donors (Lipinski definition) is 1. The molecule has 0 unspecified atom stereocenters. The number of nitrogens with zero attached hydrogens (tertiary/aromatic N) is 5. The van der Waals surface area contributed by atoms with Gasteiger partial charge in [0.2, 0.25) is 11.0 Å². The van der Waals surface area contributed by atoms with E-state index in [1.165, 1.54) is 17.5 Å². The number of aryl methyl sites for hydroxylation is 1. The maximum atomic E-state index is 12.8. The highest BCUT2D eigenvalue weighted by Gasteiger charge is 2.18. The molecule has 4 rings (SSSR count). The summed E-state index contributed by atoms with van der Waals surface area (Å²) in [6.45, 7) is 2.77. The van der Waals surface area contributed by atoms with Gasteiger partial charge in [0.1, 0.15) is 11.1 Å². The molecule has 0 fully saturated rings. The van der Waals surface area contributed by atoms with Crippen LogP contribution in [0.25, 0.3) is 10.6 Å². The molecule has 1 amide bonds. The van der Waals surface area contributed by atoms with Crippen molar-refractivity contribution in [3.63, 3.8) is 0 Å². The molecule has 174 valence electrons. The van der Waals surface area contributed by atoms with Gasteiger partial charge >= 0.3 is 0 Å². The molecule has 0 saturated carbocycles. The van der Waals surface area contributed by atoms with E-state index in [1.807, 2.05) is 51.4 Å². The second kappa shape index (κ2) is 11.0. The van der Waals surface area contributed by atoms with Crippen molar-refractivity contribution in [1.82, 2.24) is 25.1 Å². The molecule has 1 aromatic carbocycles. The Morgan fingerprint density at radius 1 is 1.12 bits per heavy atom. The molecule has 0 bridgehead atoms. The fraction of sp³-hybridized carbons (Fsp3) is 0.240. The predicted molar refractivity (Wildman–Crippen MR) is 133 cm³/mol. The smallest absolute Gasteiger partial charge is 0.259 e. The summed E-state index contributed by atoms with van der Waals surface area (Å²) in [6, 6.07) is 15.6. The Labute approximate surface area is 202 Å². The van der Waals surface area contributed by atoms with Crippen LogP contribution in [-0.2, 0) is 0 Å². The van der Waals surface area contributed by atoms with E-state index in [4.69, 9.17) is 4.74 Å². The van der Waals surface area contributed by atoms with Crippen LogP contribution in [0.1, 0.15) is 34.0 Å². The van der Waals surface area contributed by atoms with Gasteiger partial charge in [0, 0.05) is 42.7 Å². The lowest BCUT2D eigenvalue weighted by molar-refractivity contribution is 0.102. The first kappa shape index (κ1) is 23.5. The Bertz CT molecular complexity index is 1230. The van der Waals surface area contributed by atoms with Crippen LogP contribution in [0.15, 0.2) is 67.1 Å². The van der Waals surface area contributed by atoms with Crippen molar-refractivity contribution < 1.29 is 9.53 Å². The molecule has 1 N–H and O–H groups in total. The van der Waals surface area contributed by atoms with E-state index >= 15 is 0 Å². The number of ether oxygens (including phenoxy) is 1. The van der Waals surface area contributed by atoms with Gasteiger partial charge in [-0.25, -0.2) is 4.98 Å². The molecule has 0 aliphatic carbocycles. The Kier molecular flexibility index (Phi) is 7.56. The predicted octanol–water partition coefficient (Wildman–Crippen LogP) is 4.63. The van der Waals surface area contributed by atoms with Crippen LogP contribution >= 0.6 is 11.3 Å². The molecule has 0 aliphatic heterocycles. The van der Waals surface area contributed by atoms with E-state index in [1.54, 1.807) is 18.5 Å². The van der Waals surface area contributed by atoms with E-state index < -0.39 is 0 Å². The molecule has 3 heterocycles. The summed E-state index contributed by atoms with van der Waals surface area (Å²) >= 11 is 1.30. The van der Waals surface area contributed by atoms with Gasteiger partial charge in [-0.3, -0.25) is 15.1 Å². The van der Waals surface area contributed by atoms with Gasteiger partial charge in [0.05, 0.1) is 5.56 Å². The van der Waals surface area contributed by atoms with E-state index in [9.17, 15) is 4.79 Å². The van der Waals surface area contributed by atoms with Gasteiger partial charge in [-0.1, -0.05) is 41.7 Å². The zero-order chi connectivity index (χ0) is 23.9. The molecule has 0 aliphatic rings. The second-order valence-electron chi connectivity index (χ2n) is 8.06. The minimum Gasteiger partial charge on any atom is -0.469 e. The summed E-state index contributed by atoms with van der Waals surface area (Å²) in [7, 11) is 4.08. The molecule has 0 radical (unpaired) electrons. The third-order valence-electron chi connectivity index (χ3n) is 5.13. The molecule has 3 aromatic heterocycles. The molecule has 1 atom stereocenters. The first-order valence-electron chi connectivity index (χ1n) is 10.9. The Hall–Kier alpha value is -3.69. The van der Waals surface area contributed by atoms with Crippen LogP contribution in [0, 0.1) is 6.92 Å². The molecular formula is C25H26N6O2S. The number of benzene rings is 1. The summed E-state index contributed by atoms with van der Waals surface area (Å²) in [5.74, 6) is 0.215. The number of aromatic nitrogens is 4. The number of hydrogen-bond acceptors (Lipinski definition) is 8. The summed E-state index contributed by atoms with van der Waals surface area (Å²) in [4.78, 5) is 23.4. The maximum absolute atomic E-state index is 12.8. The number of carbonyl (C=O) groups excluding carboxylic acids is 1. The van der Waals surface area contributed by atoms with Crippen LogP contribution in [0.4, 0.5) is 5.13 Å². The normalized spacial score (nSPS) is 11.9. The quantitative estimate of drug-likeness (QED) is 0.378. The SMILES string of the molecule is Cc1cc(C(=O)Nc2nnc(-c3ccncc3)s2)cnc1O[C@@H](CCN(C)C)c1ccccc1. The molecular weight excluding hydrogens is 448 g/mol. The zero-order valence-corrected chi connectivity index (χ0v) is 20.1. The van der Waals surface area contributed by atoms with E-state index in [0.29, 0.717) is 21.6 Å². The standard InChI is InChI=1S/C25H26N6O2S/c1-17-15-20(22(32)28-25-30-29-24(34-25)19-9-12-26-13-10-19)16-27-23(17)33-21(11-14-31(2)3)18-7-5-4-6-8-18/h4-10,12-13,15-16,21H,11,14H2,1-3H3,(H,28,30,32)/t21-/m0/s1. The van der Waals surface area contributed by atoms with Crippen molar-refractivity contribution in [3.05, 3.63) is 83.8 Å². The highest BCUT2D eigenvalue weighted by atomic mass is 32.1. The number of nitrogens with one attached hydrogen (secondary N) is 1. The molecule has 9 heteroatoms. The first-order valence-corrected chi connectivity index (χ1v) is 11.7. The summed E-state index contributed by atoms with van der Waals surface area (Å²) in [5, 5.41) is 12.1. The molecule has 4 aromatic rings. The third-order valence-corrected chi connectivity index (χ3v) is 6.02. The van der Waals surface area contributed by atoms with Gasteiger partial charge in [-0.2, -0.15) is 0 Å². The van der Waals surface area contributed by atoms with Gasteiger partial charge in [-0.15, -0.1) is 10.2 Å². The monoisotopic (exact) mass is 474 g/mol. The van der Waals surface area contributed by atoms with Crippen LogP contribution in [0.5, 0.6) is 5.88 Å². The lowest BCUT2D eigenvalue weighted by Crippen LogP contribution is -2.19. The average molecular weight is 475 g/mol. The van der Waals surface area contributed by atoms with Gasteiger partial charge in [0.25, 0.3) is 5.91 Å². The van der Waals surface area contributed by atoms with Crippen molar-refractivity contribution in [2.45, 2.75) is 19.4 Å². The van der Waals surface area contributed by atoms with Crippen LogP contribution in [0.3, 0.4) is 0 Å². The Morgan fingerprint density at radius 3 is 2.59 bits per heavy atom. The van der Waals surface area contributed by atoms with Gasteiger partial charge in [0.15, 0.2) is 0 Å². The van der Waals surface area contributed by atoms with Crippen molar-refractivity contribution >= 4 is 22.4 Å². The number of rotatable bonds is 9. The summed E-state index contributed by atoms with van der Waals surface area (Å²) in [6.07, 6.45) is 5.59. The number of carbonyl (C=O) groups is 1. The summed E-state index contributed by atoms with van der Waals surface area (Å²) in [5.41, 5.74) is 3.20. The van der Waals surface area contributed by atoms with Gasteiger partial charge in [-0.05, 0) is 44.8 Å². The Morgan fingerprint density at radius 2 is 1.88 bits per heavy atom. The molecule has 34 heavy (non-hydrogen) atoms. The highest BCUT2D eigenvalue weighted by Crippen LogP contribution is 2.28. The largest absolute Gasteiger partial charge is 0.469 e. The van der Waals surface area contributed by atoms with E-state index in [0.717, 1.165) is 29.7 Å². The minimum atomic E-state index is -0.299. The number of anilines is 1. The molecule has 8 nitrogen and oxygen atoms in total. The Balaban J connectivity index is 1.45. The van der Waals surface area contributed by atoms with Gasteiger partial charge < -0.3 is 9.64 Å². The fourth-order valence-corrected chi connectivity index (χ4v) is 4.08. The second-order valence-corrected chi connectivity index (χ2v) is 9.04. The van der Waals surface area contributed by atoms with Crippen LogP contribution in [-0.4, -0.2) is 51.6 Å². The first-order chi connectivity index (χ1) is 16.5. The fourth-order valence-electron chi connectivity index (χ4n) is 3.34. The third kappa shape index (κ3) is 6.00. The molecule has 0 saturated heterocycles. The van der Waals surface area contributed by atoms with Crippen LogP contribution in [0.2, 0.25) is 0 Å². The van der Waals surface area contributed by atoms with Crippen molar-refractivity contribution in [2.24, 2.45) is 0 Å². The lowest BCUT2D eigenvalue weighted by atomic mass is 10.1. The lowest BCUT2D eigenvalue weighted by Gasteiger charge is -2.22. The topological polar surface area (TPSA) is 93.1 Å². The number of amides is 1. The van der Waals surface area contributed by atoms with Crippen molar-refractivity contribution in [3.8, 4) is 16.5 Å². The van der Waals surface area contributed by atoms with E-state index in [-0.39, 0.29) is 12.0 Å². The minimum absolute atomic E-state index is 0.137. The van der Waals surface area contributed by atoms with Crippen molar-refractivity contribution in [1.29, 1.82) is 0 Å². The number of pyridine rings is 2. The summed E-state index contributed by atoms with van der Waals surface area (Å²) < 4.78 is 6.29. The van der Waals surface area contributed by atoms with Crippen LogP contribution < -0.4 is 10.1 Å². The maximum Gasteiger partial charge on any atom is 0.259 e. The van der Waals surface area contributed by atoms with Crippen molar-refractivity contribution in [2.75, 3.05) is 26.0 Å². The highest BCUT2D eigenvalue weighted by molar-refractivity contribution is 7.18. The average Bonchev–Trinajstić information content (AvgIpc) is 3.32. The van der Waals surface area contributed by atoms with E-state index in [2.05, 4.69) is 42.5 Å². The zero-order valence-electron chi connectivity index (χ0n) is 19.3.